The van der Waals surface area contributed by atoms with E-state index in [1.807, 2.05) is 24.3 Å². The molecule has 1 atom stereocenters. The van der Waals surface area contributed by atoms with Gasteiger partial charge in [-0.1, -0.05) is 6.07 Å². The van der Waals surface area contributed by atoms with Crippen molar-refractivity contribution in [3.8, 4) is 51.7 Å². The van der Waals surface area contributed by atoms with Crippen LogP contribution >= 0.6 is 0 Å². The van der Waals surface area contributed by atoms with Gasteiger partial charge < -0.3 is 42.8 Å². The standard InChI is InChI=1S/C40H44N2O10/c1-41-17-16-25-21-33(47-5)36(49-7)38(52-32-22-28-24(20-31(32)46-4)15-18-42(2)39(28)43)34(25)29(41)19-26-11-14-30(45-3)37(35(26)48-6)51-27-12-9-23(10-13-27)40(44)50-8/h9-14,20-22,29H,15-19H2,1-8H3/t29-/m0/s1. The fourth-order valence-electron chi connectivity index (χ4n) is 6.91. The van der Waals surface area contributed by atoms with Crippen LogP contribution in [0.25, 0.3) is 0 Å². The minimum atomic E-state index is -0.440. The Morgan fingerprint density at radius 1 is 0.673 bits per heavy atom. The first-order valence-corrected chi connectivity index (χ1v) is 16.9. The minimum absolute atomic E-state index is 0.0740. The van der Waals surface area contributed by atoms with Gasteiger partial charge in [0.15, 0.2) is 34.5 Å². The molecule has 4 aromatic rings. The van der Waals surface area contributed by atoms with Crippen molar-refractivity contribution in [3.05, 3.63) is 88.0 Å². The number of benzene rings is 4. The molecule has 0 bridgehead atoms. The van der Waals surface area contributed by atoms with Crippen LogP contribution in [-0.2, 0) is 24.0 Å². The summed E-state index contributed by atoms with van der Waals surface area (Å²) in [5.74, 6) is 3.66. The van der Waals surface area contributed by atoms with Gasteiger partial charge in [-0.15, -0.1) is 0 Å². The van der Waals surface area contributed by atoms with E-state index >= 15 is 0 Å². The Morgan fingerprint density at radius 3 is 2.00 bits per heavy atom. The third kappa shape index (κ3) is 6.73. The summed E-state index contributed by atoms with van der Waals surface area (Å²) in [6.45, 7) is 1.40. The van der Waals surface area contributed by atoms with Gasteiger partial charge in [-0.05, 0) is 86.0 Å². The Hall–Kier alpha value is -5.62. The molecule has 0 spiro atoms. The summed E-state index contributed by atoms with van der Waals surface area (Å²) in [5, 5.41) is 0. The zero-order valence-corrected chi connectivity index (χ0v) is 30.8. The second-order valence-electron chi connectivity index (χ2n) is 12.6. The van der Waals surface area contributed by atoms with Crippen LogP contribution in [0.2, 0.25) is 0 Å². The van der Waals surface area contributed by atoms with Crippen LogP contribution in [0.15, 0.2) is 54.6 Å². The van der Waals surface area contributed by atoms with E-state index in [0.717, 1.165) is 35.2 Å². The van der Waals surface area contributed by atoms with E-state index in [0.29, 0.717) is 82.3 Å². The summed E-state index contributed by atoms with van der Waals surface area (Å²) in [6.07, 6.45) is 1.94. The van der Waals surface area contributed by atoms with Crippen molar-refractivity contribution >= 4 is 11.9 Å². The van der Waals surface area contributed by atoms with Gasteiger partial charge in [-0.3, -0.25) is 9.69 Å². The van der Waals surface area contributed by atoms with Gasteiger partial charge in [-0.2, -0.15) is 0 Å². The summed E-state index contributed by atoms with van der Waals surface area (Å²) in [6, 6.07) is 15.9. The minimum Gasteiger partial charge on any atom is -0.493 e. The molecule has 0 aromatic heterocycles. The van der Waals surface area contributed by atoms with E-state index < -0.39 is 5.97 Å². The van der Waals surface area contributed by atoms with Gasteiger partial charge >= 0.3 is 5.97 Å². The Labute approximate surface area is 303 Å². The van der Waals surface area contributed by atoms with Crippen LogP contribution in [0.1, 0.15) is 49.0 Å². The fourth-order valence-corrected chi connectivity index (χ4v) is 6.91. The molecule has 4 aromatic carbocycles. The number of hydrogen-bond acceptors (Lipinski definition) is 11. The normalized spacial score (nSPS) is 15.3. The smallest absolute Gasteiger partial charge is 0.337 e. The summed E-state index contributed by atoms with van der Waals surface area (Å²) in [7, 11) is 13.1. The number of nitrogens with zero attached hydrogens (tertiary/aromatic N) is 2. The topological polar surface area (TPSA) is 114 Å². The zero-order chi connectivity index (χ0) is 37.1. The molecular weight excluding hydrogens is 668 g/mol. The predicted octanol–water partition coefficient (Wildman–Crippen LogP) is 6.50. The van der Waals surface area contributed by atoms with Crippen LogP contribution in [-0.4, -0.2) is 91.5 Å². The Balaban J connectivity index is 1.45. The third-order valence-electron chi connectivity index (χ3n) is 9.73. The molecule has 6 rings (SSSR count). The van der Waals surface area contributed by atoms with Crippen LogP contribution in [0.4, 0.5) is 0 Å². The number of likely N-dealkylation sites (N-methyl/N-ethyl adjacent to an activating group) is 2. The van der Waals surface area contributed by atoms with Crippen molar-refractivity contribution in [1.82, 2.24) is 9.80 Å². The molecule has 1 amide bonds. The maximum atomic E-state index is 13.2. The average molecular weight is 713 g/mol. The van der Waals surface area contributed by atoms with Gasteiger partial charge in [-0.25, -0.2) is 4.79 Å². The molecule has 12 nitrogen and oxygen atoms in total. The van der Waals surface area contributed by atoms with Crippen LogP contribution < -0.4 is 33.2 Å². The lowest BCUT2D eigenvalue weighted by atomic mass is 9.87. The van der Waals surface area contributed by atoms with Gasteiger partial charge in [0.25, 0.3) is 5.91 Å². The molecule has 2 aliphatic heterocycles. The van der Waals surface area contributed by atoms with Crippen molar-refractivity contribution in [1.29, 1.82) is 0 Å². The number of esters is 1. The quantitative estimate of drug-likeness (QED) is 0.150. The van der Waals surface area contributed by atoms with E-state index in [1.165, 1.54) is 7.11 Å². The highest BCUT2D eigenvalue weighted by Crippen LogP contribution is 2.52. The van der Waals surface area contributed by atoms with Crippen molar-refractivity contribution in [2.45, 2.75) is 25.3 Å². The van der Waals surface area contributed by atoms with Gasteiger partial charge in [0, 0.05) is 42.9 Å². The first-order chi connectivity index (χ1) is 25.1. The molecule has 0 saturated carbocycles. The molecule has 0 unspecified atom stereocenters. The SMILES string of the molecule is COC(=O)c1ccc(Oc2c(OC)ccc(C[C@H]3c4c(cc(OC)c(OC)c4Oc4cc5c(cc4OC)CCN(C)C5=O)CCN3C)c2OC)cc1. The second-order valence-corrected chi connectivity index (χ2v) is 12.6. The van der Waals surface area contributed by atoms with Crippen molar-refractivity contribution in [3.63, 3.8) is 0 Å². The van der Waals surface area contributed by atoms with Gasteiger partial charge in [0.1, 0.15) is 5.75 Å². The average Bonchev–Trinajstić information content (AvgIpc) is 3.17. The fraction of sp³-hybridized carbons (Fsp3) is 0.350. The number of amides is 1. The van der Waals surface area contributed by atoms with E-state index in [1.54, 1.807) is 77.8 Å². The molecule has 0 aliphatic carbocycles. The maximum absolute atomic E-state index is 13.2. The maximum Gasteiger partial charge on any atom is 0.337 e. The van der Waals surface area contributed by atoms with Crippen LogP contribution in [0.3, 0.4) is 0 Å². The number of fused-ring (bicyclic) bond motifs is 2. The monoisotopic (exact) mass is 712 g/mol. The molecule has 0 saturated heterocycles. The Bertz CT molecular complexity index is 1980. The summed E-state index contributed by atoms with van der Waals surface area (Å²) in [5.41, 5.74) is 4.69. The van der Waals surface area contributed by atoms with Crippen LogP contribution in [0.5, 0.6) is 51.7 Å². The highest BCUT2D eigenvalue weighted by Gasteiger charge is 2.35. The third-order valence-corrected chi connectivity index (χ3v) is 9.73. The molecule has 274 valence electrons. The summed E-state index contributed by atoms with van der Waals surface area (Å²) < 4.78 is 47.3. The molecule has 0 N–H and O–H groups in total. The Morgan fingerprint density at radius 2 is 1.35 bits per heavy atom. The molecule has 2 heterocycles. The van der Waals surface area contributed by atoms with Gasteiger partial charge in [0.2, 0.25) is 11.5 Å². The second kappa shape index (κ2) is 15.3. The first-order valence-electron chi connectivity index (χ1n) is 16.9. The van der Waals surface area contributed by atoms with Crippen molar-refractivity contribution < 1.29 is 47.5 Å². The number of carbonyl (C=O) groups is 2. The highest BCUT2D eigenvalue weighted by molar-refractivity contribution is 5.97. The molecular formula is C40H44N2O10. The molecule has 0 fully saturated rings. The molecule has 12 heteroatoms. The predicted molar refractivity (Wildman–Crippen MR) is 193 cm³/mol. The van der Waals surface area contributed by atoms with E-state index in [4.69, 9.17) is 37.9 Å². The van der Waals surface area contributed by atoms with Gasteiger partial charge in [0.05, 0.1) is 48.2 Å². The summed E-state index contributed by atoms with van der Waals surface area (Å²) in [4.78, 5) is 29.2. The summed E-state index contributed by atoms with van der Waals surface area (Å²) >= 11 is 0. The lowest BCUT2D eigenvalue weighted by Crippen LogP contribution is -2.34. The highest BCUT2D eigenvalue weighted by atomic mass is 16.6. The van der Waals surface area contributed by atoms with E-state index in [-0.39, 0.29) is 11.9 Å². The largest absolute Gasteiger partial charge is 0.493 e. The molecule has 52 heavy (non-hydrogen) atoms. The number of rotatable bonds is 12. The number of ether oxygens (including phenoxy) is 8. The van der Waals surface area contributed by atoms with Crippen molar-refractivity contribution in [2.24, 2.45) is 0 Å². The number of hydrogen-bond donors (Lipinski definition) is 0. The number of methoxy groups -OCH3 is 6. The Kier molecular flexibility index (Phi) is 10.7. The first kappa shape index (κ1) is 36.2. The lowest BCUT2D eigenvalue weighted by Gasteiger charge is -2.37. The van der Waals surface area contributed by atoms with Crippen LogP contribution in [0, 0.1) is 0 Å². The van der Waals surface area contributed by atoms with E-state index in [9.17, 15) is 9.59 Å². The number of carbonyl (C=O) groups excluding carboxylic acids is 2. The van der Waals surface area contributed by atoms with Crippen molar-refractivity contribution in [2.75, 3.05) is 69.8 Å². The lowest BCUT2D eigenvalue weighted by molar-refractivity contribution is 0.0600. The molecule has 2 aliphatic rings. The zero-order valence-electron chi connectivity index (χ0n) is 30.8. The molecule has 0 radical (unpaired) electrons. The van der Waals surface area contributed by atoms with E-state index in [2.05, 4.69) is 11.9 Å².